The van der Waals surface area contributed by atoms with Crippen LogP contribution in [0, 0.1) is 0 Å². The number of hydrogen-bond acceptors (Lipinski definition) is 6. The van der Waals surface area contributed by atoms with E-state index in [9.17, 15) is 0 Å². The summed E-state index contributed by atoms with van der Waals surface area (Å²) in [6.07, 6.45) is 0. The van der Waals surface area contributed by atoms with Gasteiger partial charge in [0.05, 0.1) is 5.56 Å². The molecule has 0 bridgehead atoms. The van der Waals surface area contributed by atoms with Gasteiger partial charge in [-0.15, -0.1) is 0 Å². The van der Waals surface area contributed by atoms with Gasteiger partial charge in [0, 0.05) is 49.0 Å². The maximum absolute atomic E-state index is 7.02. The third-order valence-electron chi connectivity index (χ3n) is 12.7. The molecule has 0 aliphatic rings. The van der Waals surface area contributed by atoms with Crippen molar-refractivity contribution in [3.8, 4) is 45.3 Å². The molecule has 292 valence electrons. The van der Waals surface area contributed by atoms with Crippen LogP contribution in [0.5, 0.6) is 0 Å². The minimum atomic E-state index is 0.515. The van der Waals surface area contributed by atoms with Gasteiger partial charge in [-0.3, -0.25) is 0 Å². The molecule has 14 aromatic rings. The topological polar surface area (TPSA) is 78.1 Å². The number of fused-ring (bicyclic) bond motifs is 15. The molecular weight excluding hydrogens is 775 g/mol. The third kappa shape index (κ3) is 5.03. The molecule has 0 radical (unpaired) electrons. The normalized spacial score (nSPS) is 12.1. The zero-order valence-corrected chi connectivity index (χ0v) is 33.5. The van der Waals surface area contributed by atoms with Gasteiger partial charge in [-0.2, -0.15) is 0 Å². The van der Waals surface area contributed by atoms with Crippen molar-refractivity contribution in [2.75, 3.05) is 0 Å². The Hall–Kier alpha value is -8.61. The van der Waals surface area contributed by atoms with Crippen LogP contribution in [0.25, 0.3) is 143 Å². The predicted octanol–water partition coefficient (Wildman–Crippen LogP) is 15.7. The number of para-hydroxylation sites is 4. The van der Waals surface area contributed by atoms with Crippen LogP contribution in [-0.4, -0.2) is 15.0 Å². The smallest absolute Gasteiger partial charge is 0.167 e. The second-order valence-corrected chi connectivity index (χ2v) is 16.2. The molecule has 0 aliphatic carbocycles. The number of nitrogens with zero attached hydrogens (tertiary/aromatic N) is 3. The van der Waals surface area contributed by atoms with Gasteiger partial charge in [-0.05, 0) is 80.3 Å². The molecular formula is C57H31N3O3. The third-order valence-corrected chi connectivity index (χ3v) is 12.7. The lowest BCUT2D eigenvalue weighted by Gasteiger charge is -2.13. The minimum Gasteiger partial charge on any atom is -0.456 e. The van der Waals surface area contributed by atoms with Crippen LogP contribution in [-0.2, 0) is 0 Å². The summed E-state index contributed by atoms with van der Waals surface area (Å²) < 4.78 is 19.6. The molecule has 0 saturated carbocycles. The van der Waals surface area contributed by atoms with Crippen molar-refractivity contribution in [1.29, 1.82) is 0 Å². The molecule has 0 atom stereocenters. The van der Waals surface area contributed by atoms with E-state index in [-0.39, 0.29) is 0 Å². The van der Waals surface area contributed by atoms with Crippen LogP contribution in [0.2, 0.25) is 0 Å². The standard InChI is InChI=1S/C57H31N3O3/c1-2-14-37-35(12-1)36-13-3-4-15-38(36)46-31-33(26-28-39(37)46)55-58-56(44-21-11-25-51-52(44)43-17-6-8-24-49(43)62-51)60-57(59-55)45-22-10-20-42-41-19-9-18-34(53(41)63-54(42)45)32-27-29-50-47(30-32)40-16-5-7-23-48(40)61-50/h1-31H. The first-order valence-corrected chi connectivity index (χ1v) is 21.1. The van der Waals surface area contributed by atoms with Crippen LogP contribution in [0.1, 0.15) is 0 Å². The molecule has 6 heteroatoms. The molecule has 0 spiro atoms. The average molecular weight is 806 g/mol. The van der Waals surface area contributed by atoms with Gasteiger partial charge in [0.2, 0.25) is 0 Å². The van der Waals surface area contributed by atoms with E-state index >= 15 is 0 Å². The first kappa shape index (κ1) is 34.1. The molecule has 0 unspecified atom stereocenters. The number of hydrogen-bond donors (Lipinski definition) is 0. The first-order chi connectivity index (χ1) is 31.2. The van der Waals surface area contributed by atoms with Crippen molar-refractivity contribution in [3.05, 3.63) is 188 Å². The number of benzene rings is 10. The van der Waals surface area contributed by atoms with Gasteiger partial charge in [-0.25, -0.2) is 15.0 Å². The number of aromatic nitrogens is 3. The Bertz CT molecular complexity index is 4200. The molecule has 0 N–H and O–H groups in total. The first-order valence-electron chi connectivity index (χ1n) is 21.1. The van der Waals surface area contributed by atoms with Gasteiger partial charge in [0.1, 0.15) is 33.5 Å². The van der Waals surface area contributed by atoms with Gasteiger partial charge in [0.15, 0.2) is 17.5 Å². The van der Waals surface area contributed by atoms with Crippen LogP contribution < -0.4 is 0 Å². The largest absolute Gasteiger partial charge is 0.456 e. The Morgan fingerprint density at radius 2 is 0.714 bits per heavy atom. The summed E-state index contributed by atoms with van der Waals surface area (Å²) in [7, 11) is 0. The van der Waals surface area contributed by atoms with E-state index in [0.29, 0.717) is 23.1 Å². The SMILES string of the molecule is c1ccc2c(c1)oc1ccc(-c3cccc4c3oc3c(-c5nc(-c6ccc7c8ccccc8c8ccccc8c7c6)nc(-c6cccc7oc8ccccc8c67)n5)cccc34)cc12. The summed E-state index contributed by atoms with van der Waals surface area (Å²) in [5.41, 5.74) is 9.38. The van der Waals surface area contributed by atoms with Crippen molar-refractivity contribution in [2.24, 2.45) is 0 Å². The van der Waals surface area contributed by atoms with Crippen molar-refractivity contribution in [2.45, 2.75) is 0 Å². The zero-order valence-electron chi connectivity index (χ0n) is 33.5. The fourth-order valence-electron chi connectivity index (χ4n) is 9.87. The lowest BCUT2D eigenvalue weighted by molar-refractivity contribution is 0.668. The molecule has 4 aromatic heterocycles. The van der Waals surface area contributed by atoms with E-state index in [4.69, 9.17) is 28.2 Å². The van der Waals surface area contributed by atoms with Crippen molar-refractivity contribution < 1.29 is 13.3 Å². The quantitative estimate of drug-likeness (QED) is 0.165. The fraction of sp³-hybridized carbons (Fsp3) is 0. The Morgan fingerprint density at radius 3 is 1.46 bits per heavy atom. The maximum Gasteiger partial charge on any atom is 0.167 e. The second-order valence-electron chi connectivity index (χ2n) is 16.2. The number of rotatable bonds is 4. The molecule has 0 aliphatic heterocycles. The lowest BCUT2D eigenvalue weighted by Crippen LogP contribution is -2.00. The Labute approximate surface area is 358 Å². The average Bonchev–Trinajstić information content (AvgIpc) is 4.05. The molecule has 0 saturated heterocycles. The number of furan rings is 3. The highest BCUT2D eigenvalue weighted by molar-refractivity contribution is 6.26. The summed E-state index contributed by atoms with van der Waals surface area (Å²) in [5.74, 6) is 1.62. The van der Waals surface area contributed by atoms with Gasteiger partial charge < -0.3 is 13.3 Å². The predicted molar refractivity (Wildman–Crippen MR) is 256 cm³/mol. The van der Waals surface area contributed by atoms with Crippen LogP contribution in [0.4, 0.5) is 0 Å². The Morgan fingerprint density at radius 1 is 0.254 bits per heavy atom. The van der Waals surface area contributed by atoms with E-state index in [2.05, 4.69) is 127 Å². The van der Waals surface area contributed by atoms with Crippen molar-refractivity contribution in [1.82, 2.24) is 15.0 Å². The van der Waals surface area contributed by atoms with E-state index < -0.39 is 0 Å². The van der Waals surface area contributed by atoms with Crippen LogP contribution in [0.15, 0.2) is 201 Å². The monoisotopic (exact) mass is 805 g/mol. The van der Waals surface area contributed by atoms with Gasteiger partial charge in [-0.1, -0.05) is 146 Å². The molecule has 0 fully saturated rings. The zero-order chi connectivity index (χ0) is 41.2. The summed E-state index contributed by atoms with van der Waals surface area (Å²) >= 11 is 0. The van der Waals surface area contributed by atoms with Crippen LogP contribution >= 0.6 is 0 Å². The van der Waals surface area contributed by atoms with Crippen LogP contribution in [0.3, 0.4) is 0 Å². The highest BCUT2D eigenvalue weighted by atomic mass is 16.3. The summed E-state index contributed by atoms with van der Waals surface area (Å²) in [6.45, 7) is 0. The van der Waals surface area contributed by atoms with E-state index in [1.807, 2.05) is 60.7 Å². The molecule has 0 amide bonds. The summed E-state index contributed by atoms with van der Waals surface area (Å²) in [5, 5.41) is 13.3. The second kappa shape index (κ2) is 12.9. The van der Waals surface area contributed by atoms with Crippen molar-refractivity contribution in [3.63, 3.8) is 0 Å². The lowest BCUT2D eigenvalue weighted by atomic mass is 9.93. The van der Waals surface area contributed by atoms with E-state index in [0.717, 1.165) is 93.4 Å². The molecule has 14 rings (SSSR count). The molecule has 10 aromatic carbocycles. The Kier molecular flexibility index (Phi) is 7.02. The molecule has 4 heterocycles. The summed E-state index contributed by atoms with van der Waals surface area (Å²) in [4.78, 5) is 15.9. The highest BCUT2D eigenvalue weighted by Crippen LogP contribution is 2.43. The van der Waals surface area contributed by atoms with E-state index in [1.165, 1.54) is 26.9 Å². The minimum absolute atomic E-state index is 0.515. The molecule has 6 nitrogen and oxygen atoms in total. The van der Waals surface area contributed by atoms with Gasteiger partial charge >= 0.3 is 0 Å². The highest BCUT2D eigenvalue weighted by Gasteiger charge is 2.22. The maximum atomic E-state index is 7.02. The summed E-state index contributed by atoms with van der Waals surface area (Å²) in [6, 6.07) is 65.1. The van der Waals surface area contributed by atoms with Crippen molar-refractivity contribution >= 4 is 98.1 Å². The molecule has 63 heavy (non-hydrogen) atoms. The fourth-order valence-corrected chi connectivity index (χ4v) is 9.87. The van der Waals surface area contributed by atoms with E-state index in [1.54, 1.807) is 0 Å². The van der Waals surface area contributed by atoms with Gasteiger partial charge in [0.25, 0.3) is 0 Å². The Balaban J connectivity index is 1.02.